The molecule has 0 spiro atoms. The molecule has 0 radical (unpaired) electrons. The van der Waals surface area contributed by atoms with Crippen LogP contribution in [0.4, 0.5) is 5.69 Å². The number of benzene rings is 2. The van der Waals surface area contributed by atoms with Gasteiger partial charge in [-0.2, -0.15) is 0 Å². The van der Waals surface area contributed by atoms with E-state index in [1.54, 1.807) is 21.3 Å². The zero-order valence-corrected chi connectivity index (χ0v) is 12.9. The zero-order chi connectivity index (χ0) is 15.2. The Balaban J connectivity index is 2.15. The molecule has 0 saturated heterocycles. The standard InChI is InChI=1S/C17H21NO3/c1-12-8-16(20-3)17(21-4)10-15(12)18-11-13-6-5-7-14(9-13)19-2/h5-10,18H,11H2,1-4H3. The summed E-state index contributed by atoms with van der Waals surface area (Å²) < 4.78 is 15.9. The number of anilines is 1. The molecule has 0 amide bonds. The number of ether oxygens (including phenoxy) is 3. The molecule has 0 bridgehead atoms. The fourth-order valence-electron chi connectivity index (χ4n) is 2.15. The van der Waals surface area contributed by atoms with Crippen LogP contribution in [0.15, 0.2) is 36.4 Å². The average Bonchev–Trinajstić information content (AvgIpc) is 2.53. The number of hydrogen-bond donors (Lipinski definition) is 1. The van der Waals surface area contributed by atoms with E-state index in [1.807, 2.05) is 37.3 Å². The third-order valence-corrected chi connectivity index (χ3v) is 3.35. The Morgan fingerprint density at radius 2 is 1.62 bits per heavy atom. The number of hydrogen-bond acceptors (Lipinski definition) is 4. The quantitative estimate of drug-likeness (QED) is 0.880. The van der Waals surface area contributed by atoms with Gasteiger partial charge in [0.15, 0.2) is 11.5 Å². The Bertz CT molecular complexity index is 611. The first-order chi connectivity index (χ1) is 10.2. The largest absolute Gasteiger partial charge is 0.497 e. The minimum Gasteiger partial charge on any atom is -0.497 e. The van der Waals surface area contributed by atoms with Crippen LogP contribution in [-0.2, 0) is 6.54 Å². The van der Waals surface area contributed by atoms with Crippen LogP contribution in [-0.4, -0.2) is 21.3 Å². The second-order valence-electron chi connectivity index (χ2n) is 4.73. The molecule has 2 aromatic carbocycles. The van der Waals surface area contributed by atoms with Gasteiger partial charge in [0.2, 0.25) is 0 Å². The summed E-state index contributed by atoms with van der Waals surface area (Å²) in [7, 11) is 4.95. The van der Waals surface area contributed by atoms with Crippen molar-refractivity contribution in [1.82, 2.24) is 0 Å². The summed E-state index contributed by atoms with van der Waals surface area (Å²) in [6.45, 7) is 2.75. The van der Waals surface area contributed by atoms with E-state index < -0.39 is 0 Å². The molecule has 0 aromatic heterocycles. The summed E-state index contributed by atoms with van der Waals surface area (Å²) in [5.74, 6) is 2.32. The predicted molar refractivity (Wildman–Crippen MR) is 84.6 cm³/mol. The topological polar surface area (TPSA) is 39.7 Å². The van der Waals surface area contributed by atoms with Crippen LogP contribution in [0, 0.1) is 6.92 Å². The van der Waals surface area contributed by atoms with Crippen LogP contribution in [0.3, 0.4) is 0 Å². The van der Waals surface area contributed by atoms with Crippen molar-refractivity contribution in [3.63, 3.8) is 0 Å². The van der Waals surface area contributed by atoms with Gasteiger partial charge in [-0.15, -0.1) is 0 Å². The molecule has 1 N–H and O–H groups in total. The Hall–Kier alpha value is -2.36. The smallest absolute Gasteiger partial charge is 0.162 e. The maximum atomic E-state index is 5.34. The summed E-state index contributed by atoms with van der Waals surface area (Å²) in [6, 6.07) is 11.9. The van der Waals surface area contributed by atoms with Crippen LogP contribution in [0.25, 0.3) is 0 Å². The highest BCUT2D eigenvalue weighted by Crippen LogP contribution is 2.33. The van der Waals surface area contributed by atoms with E-state index in [-0.39, 0.29) is 0 Å². The van der Waals surface area contributed by atoms with E-state index in [0.29, 0.717) is 6.54 Å². The molecule has 4 heteroatoms. The Labute approximate surface area is 125 Å². The molecule has 0 aliphatic rings. The monoisotopic (exact) mass is 287 g/mol. The van der Waals surface area contributed by atoms with Crippen molar-refractivity contribution in [1.29, 1.82) is 0 Å². The van der Waals surface area contributed by atoms with Crippen LogP contribution >= 0.6 is 0 Å². The molecule has 21 heavy (non-hydrogen) atoms. The number of nitrogens with one attached hydrogen (secondary N) is 1. The van der Waals surface area contributed by atoms with Gasteiger partial charge in [-0.05, 0) is 36.2 Å². The molecule has 0 fully saturated rings. The maximum Gasteiger partial charge on any atom is 0.162 e. The van der Waals surface area contributed by atoms with E-state index in [4.69, 9.17) is 14.2 Å². The lowest BCUT2D eigenvalue weighted by Crippen LogP contribution is -2.02. The van der Waals surface area contributed by atoms with Gasteiger partial charge < -0.3 is 19.5 Å². The van der Waals surface area contributed by atoms with E-state index in [0.717, 1.165) is 34.1 Å². The first-order valence-corrected chi connectivity index (χ1v) is 6.77. The highest BCUT2D eigenvalue weighted by molar-refractivity contribution is 5.60. The van der Waals surface area contributed by atoms with Crippen molar-refractivity contribution in [2.75, 3.05) is 26.6 Å². The summed E-state index contributed by atoms with van der Waals surface area (Å²) in [4.78, 5) is 0. The fourth-order valence-corrected chi connectivity index (χ4v) is 2.15. The molecular formula is C17H21NO3. The number of aryl methyl sites for hydroxylation is 1. The van der Waals surface area contributed by atoms with Gasteiger partial charge in [-0.3, -0.25) is 0 Å². The van der Waals surface area contributed by atoms with Crippen molar-refractivity contribution in [3.05, 3.63) is 47.5 Å². The normalized spacial score (nSPS) is 10.1. The van der Waals surface area contributed by atoms with E-state index >= 15 is 0 Å². The third-order valence-electron chi connectivity index (χ3n) is 3.35. The second-order valence-corrected chi connectivity index (χ2v) is 4.73. The first kappa shape index (κ1) is 15.0. The van der Waals surface area contributed by atoms with E-state index in [2.05, 4.69) is 11.4 Å². The van der Waals surface area contributed by atoms with Gasteiger partial charge >= 0.3 is 0 Å². The molecule has 0 atom stereocenters. The van der Waals surface area contributed by atoms with E-state index in [1.165, 1.54) is 0 Å². The molecule has 0 heterocycles. The first-order valence-electron chi connectivity index (χ1n) is 6.77. The lowest BCUT2D eigenvalue weighted by molar-refractivity contribution is 0.355. The van der Waals surface area contributed by atoms with Crippen molar-refractivity contribution < 1.29 is 14.2 Å². The minimum atomic E-state index is 0.716. The van der Waals surface area contributed by atoms with Crippen LogP contribution in [0.1, 0.15) is 11.1 Å². The number of rotatable bonds is 6. The summed E-state index contributed by atoms with van der Waals surface area (Å²) in [5.41, 5.74) is 3.29. The number of methoxy groups -OCH3 is 3. The van der Waals surface area contributed by atoms with Gasteiger partial charge in [-0.1, -0.05) is 12.1 Å². The van der Waals surface area contributed by atoms with Gasteiger partial charge in [0.1, 0.15) is 5.75 Å². The Kier molecular flexibility index (Phi) is 4.93. The molecular weight excluding hydrogens is 266 g/mol. The van der Waals surface area contributed by atoms with Crippen LogP contribution in [0.2, 0.25) is 0 Å². The van der Waals surface area contributed by atoms with Gasteiger partial charge in [0.05, 0.1) is 21.3 Å². The van der Waals surface area contributed by atoms with Gasteiger partial charge in [0.25, 0.3) is 0 Å². The van der Waals surface area contributed by atoms with Crippen molar-refractivity contribution in [2.45, 2.75) is 13.5 Å². The molecule has 2 aromatic rings. The highest BCUT2D eigenvalue weighted by atomic mass is 16.5. The SMILES string of the molecule is COc1cccc(CNc2cc(OC)c(OC)cc2C)c1. The summed E-state index contributed by atoms with van der Waals surface area (Å²) in [5, 5.41) is 3.42. The highest BCUT2D eigenvalue weighted by Gasteiger charge is 2.08. The Morgan fingerprint density at radius 3 is 2.29 bits per heavy atom. The van der Waals surface area contributed by atoms with Crippen LogP contribution in [0.5, 0.6) is 17.2 Å². The lowest BCUT2D eigenvalue weighted by Gasteiger charge is -2.14. The van der Waals surface area contributed by atoms with E-state index in [9.17, 15) is 0 Å². The Morgan fingerprint density at radius 1 is 0.905 bits per heavy atom. The summed E-state index contributed by atoms with van der Waals surface area (Å²) >= 11 is 0. The third kappa shape index (κ3) is 3.60. The molecule has 0 unspecified atom stereocenters. The molecule has 2 rings (SSSR count). The van der Waals surface area contributed by atoms with Gasteiger partial charge in [0, 0.05) is 18.3 Å². The van der Waals surface area contributed by atoms with Gasteiger partial charge in [-0.25, -0.2) is 0 Å². The molecule has 112 valence electrons. The van der Waals surface area contributed by atoms with Crippen molar-refractivity contribution >= 4 is 5.69 Å². The zero-order valence-electron chi connectivity index (χ0n) is 12.9. The average molecular weight is 287 g/mol. The molecule has 0 aliphatic carbocycles. The maximum absolute atomic E-state index is 5.34. The van der Waals surface area contributed by atoms with Crippen molar-refractivity contribution in [3.8, 4) is 17.2 Å². The van der Waals surface area contributed by atoms with Crippen molar-refractivity contribution in [2.24, 2.45) is 0 Å². The fraction of sp³-hybridized carbons (Fsp3) is 0.294. The van der Waals surface area contributed by atoms with Crippen LogP contribution < -0.4 is 19.5 Å². The molecule has 0 saturated carbocycles. The molecule has 4 nitrogen and oxygen atoms in total. The minimum absolute atomic E-state index is 0.716. The molecule has 0 aliphatic heterocycles. The predicted octanol–water partition coefficient (Wildman–Crippen LogP) is 3.63. The summed E-state index contributed by atoms with van der Waals surface area (Å²) in [6.07, 6.45) is 0. The second kappa shape index (κ2) is 6.88. The lowest BCUT2D eigenvalue weighted by atomic mass is 10.1.